The number of pyridine rings is 1. The number of urea groups is 1. The van der Waals surface area contributed by atoms with E-state index in [1.807, 2.05) is 33.7 Å². The number of nitrogens with one attached hydrogen (secondary N) is 1. The smallest absolute Gasteiger partial charge is 0.320 e. The van der Waals surface area contributed by atoms with E-state index in [1.165, 1.54) is 0 Å². The van der Waals surface area contributed by atoms with Gasteiger partial charge in [0.15, 0.2) is 5.69 Å². The van der Waals surface area contributed by atoms with Crippen molar-refractivity contribution in [2.75, 3.05) is 33.8 Å². The Balaban J connectivity index is 1.62. The first-order valence-electron chi connectivity index (χ1n) is 9.91. The van der Waals surface area contributed by atoms with Crippen molar-refractivity contribution in [3.8, 4) is 0 Å². The van der Waals surface area contributed by atoms with Crippen molar-refractivity contribution >= 4 is 17.5 Å². The van der Waals surface area contributed by atoms with Gasteiger partial charge >= 0.3 is 6.03 Å². The summed E-state index contributed by atoms with van der Waals surface area (Å²) in [6.45, 7) is 1.95. The summed E-state index contributed by atoms with van der Waals surface area (Å²) in [7, 11) is 3.51. The molecule has 28 heavy (non-hydrogen) atoms. The number of carbonyl (C=O) groups is 2. The van der Waals surface area contributed by atoms with Gasteiger partial charge in [0.05, 0.1) is 17.7 Å². The minimum Gasteiger partial charge on any atom is -0.376 e. The number of hydrogen-bond donors (Lipinski definition) is 1. The monoisotopic (exact) mass is 385 g/mol. The number of carbonyl (C=O) groups excluding carboxylic acids is 2. The van der Waals surface area contributed by atoms with Gasteiger partial charge < -0.3 is 24.3 Å². The number of nitrogens with zero attached hydrogens (tertiary/aromatic N) is 4. The average molecular weight is 385 g/mol. The highest BCUT2D eigenvalue weighted by Gasteiger charge is 2.35. The Labute approximate surface area is 164 Å². The summed E-state index contributed by atoms with van der Waals surface area (Å²) in [4.78, 5) is 33.5. The van der Waals surface area contributed by atoms with Gasteiger partial charge in [-0.05, 0) is 37.8 Å². The van der Waals surface area contributed by atoms with Gasteiger partial charge in [0, 0.05) is 40.0 Å². The molecule has 150 valence electrons. The standard InChI is InChI=1S/C20H27N5O3/c1-23(2)20(27)25-11-5-9-16(25)18-22-17(15-8-3-4-10-24(15)18)19(26)21-13-14-7-6-12-28-14/h3-4,8,10,14,16H,5-7,9,11-13H2,1-2H3,(H,21,26)/t14-,16-/m1/s1. The van der Waals surface area contributed by atoms with E-state index < -0.39 is 0 Å². The molecule has 2 aromatic rings. The lowest BCUT2D eigenvalue weighted by Crippen LogP contribution is -2.39. The molecule has 2 saturated heterocycles. The fraction of sp³-hybridized carbons (Fsp3) is 0.550. The zero-order valence-corrected chi connectivity index (χ0v) is 16.4. The summed E-state index contributed by atoms with van der Waals surface area (Å²) in [5, 5.41) is 2.96. The Morgan fingerprint density at radius 1 is 1.29 bits per heavy atom. The second kappa shape index (κ2) is 7.79. The van der Waals surface area contributed by atoms with Crippen molar-refractivity contribution in [1.82, 2.24) is 24.5 Å². The third-order valence-corrected chi connectivity index (χ3v) is 5.48. The predicted molar refractivity (Wildman–Crippen MR) is 104 cm³/mol. The van der Waals surface area contributed by atoms with Gasteiger partial charge in [0.2, 0.25) is 0 Å². The Morgan fingerprint density at radius 3 is 2.89 bits per heavy atom. The van der Waals surface area contributed by atoms with Crippen LogP contribution in [0.4, 0.5) is 4.79 Å². The maximum Gasteiger partial charge on any atom is 0.320 e. The van der Waals surface area contributed by atoms with E-state index >= 15 is 0 Å². The lowest BCUT2D eigenvalue weighted by molar-refractivity contribution is 0.0855. The highest BCUT2D eigenvalue weighted by Crippen LogP contribution is 2.33. The van der Waals surface area contributed by atoms with Crippen LogP contribution in [0.15, 0.2) is 24.4 Å². The van der Waals surface area contributed by atoms with Gasteiger partial charge in [-0.2, -0.15) is 0 Å². The van der Waals surface area contributed by atoms with E-state index in [-0.39, 0.29) is 24.1 Å². The van der Waals surface area contributed by atoms with Crippen molar-refractivity contribution in [2.45, 2.75) is 37.8 Å². The van der Waals surface area contributed by atoms with Crippen LogP contribution < -0.4 is 5.32 Å². The highest BCUT2D eigenvalue weighted by atomic mass is 16.5. The van der Waals surface area contributed by atoms with E-state index in [2.05, 4.69) is 5.32 Å². The Morgan fingerprint density at radius 2 is 2.14 bits per heavy atom. The molecule has 2 aliphatic rings. The molecule has 0 unspecified atom stereocenters. The van der Waals surface area contributed by atoms with Crippen molar-refractivity contribution in [3.63, 3.8) is 0 Å². The summed E-state index contributed by atoms with van der Waals surface area (Å²) in [5.74, 6) is 0.541. The molecule has 2 fully saturated rings. The zero-order chi connectivity index (χ0) is 19.7. The molecule has 2 aromatic heterocycles. The largest absolute Gasteiger partial charge is 0.376 e. The third kappa shape index (κ3) is 3.44. The third-order valence-electron chi connectivity index (χ3n) is 5.48. The van der Waals surface area contributed by atoms with E-state index in [4.69, 9.17) is 9.72 Å². The van der Waals surface area contributed by atoms with Crippen LogP contribution in [-0.2, 0) is 4.74 Å². The second-order valence-corrected chi connectivity index (χ2v) is 7.65. The summed E-state index contributed by atoms with van der Waals surface area (Å²) >= 11 is 0. The molecule has 8 heteroatoms. The van der Waals surface area contributed by atoms with Gasteiger partial charge in [-0.15, -0.1) is 0 Å². The highest BCUT2D eigenvalue weighted by molar-refractivity contribution is 5.99. The lowest BCUT2D eigenvalue weighted by atomic mass is 10.2. The van der Waals surface area contributed by atoms with Crippen LogP contribution in [0, 0.1) is 0 Å². The van der Waals surface area contributed by atoms with Gasteiger partial charge in [-0.1, -0.05) is 6.07 Å². The first-order chi connectivity index (χ1) is 13.6. The Hall–Kier alpha value is -2.61. The van der Waals surface area contributed by atoms with Crippen LogP contribution in [0.1, 0.15) is 48.0 Å². The van der Waals surface area contributed by atoms with Crippen LogP contribution in [-0.4, -0.2) is 71.0 Å². The number of amides is 3. The molecule has 0 aromatic carbocycles. The van der Waals surface area contributed by atoms with Crippen LogP contribution in [0.3, 0.4) is 0 Å². The molecule has 0 bridgehead atoms. The topological polar surface area (TPSA) is 79.2 Å². The van der Waals surface area contributed by atoms with Crippen LogP contribution in [0.5, 0.6) is 0 Å². The molecule has 0 spiro atoms. The predicted octanol–water partition coefficient (Wildman–Crippen LogP) is 2.06. The molecular formula is C20H27N5O3. The lowest BCUT2D eigenvalue weighted by Gasteiger charge is -2.27. The summed E-state index contributed by atoms with van der Waals surface area (Å²) in [6.07, 6.45) is 5.76. The molecule has 0 radical (unpaired) electrons. The van der Waals surface area contributed by atoms with Crippen molar-refractivity contribution in [1.29, 1.82) is 0 Å². The van der Waals surface area contributed by atoms with Crippen molar-refractivity contribution in [2.24, 2.45) is 0 Å². The first-order valence-corrected chi connectivity index (χ1v) is 9.91. The van der Waals surface area contributed by atoms with Gasteiger partial charge in [-0.3, -0.25) is 4.79 Å². The second-order valence-electron chi connectivity index (χ2n) is 7.65. The first kappa shape index (κ1) is 18.7. The SMILES string of the molecule is CN(C)C(=O)N1CCC[C@@H]1c1nc(C(=O)NC[C@H]2CCCO2)c2ccccn12. The minimum absolute atomic E-state index is 0.0282. The summed E-state index contributed by atoms with van der Waals surface area (Å²) < 4.78 is 7.52. The molecule has 2 atom stereocenters. The molecule has 4 heterocycles. The fourth-order valence-corrected chi connectivity index (χ4v) is 4.08. The normalized spacial score (nSPS) is 22.0. The summed E-state index contributed by atoms with van der Waals surface area (Å²) in [6, 6.07) is 5.54. The number of imidazole rings is 1. The van der Waals surface area contributed by atoms with E-state index in [0.29, 0.717) is 18.8 Å². The number of hydrogen-bond acceptors (Lipinski definition) is 4. The molecule has 8 nitrogen and oxygen atoms in total. The molecule has 0 saturated carbocycles. The number of fused-ring (bicyclic) bond motifs is 1. The minimum atomic E-state index is -0.200. The molecule has 2 aliphatic heterocycles. The van der Waals surface area contributed by atoms with E-state index in [0.717, 1.165) is 43.6 Å². The van der Waals surface area contributed by atoms with Crippen molar-refractivity contribution in [3.05, 3.63) is 35.9 Å². The molecule has 0 aliphatic carbocycles. The number of aromatic nitrogens is 2. The van der Waals surface area contributed by atoms with Crippen LogP contribution in [0.25, 0.3) is 5.52 Å². The molecule has 3 amide bonds. The Bertz CT molecular complexity index is 872. The maximum atomic E-state index is 12.8. The number of ether oxygens (including phenoxy) is 1. The Kier molecular flexibility index (Phi) is 5.21. The van der Waals surface area contributed by atoms with Crippen LogP contribution >= 0.6 is 0 Å². The van der Waals surface area contributed by atoms with Gasteiger partial charge in [0.25, 0.3) is 5.91 Å². The fourth-order valence-electron chi connectivity index (χ4n) is 4.08. The van der Waals surface area contributed by atoms with Crippen molar-refractivity contribution < 1.29 is 14.3 Å². The van der Waals surface area contributed by atoms with Gasteiger partial charge in [0.1, 0.15) is 5.82 Å². The molecule has 1 N–H and O–H groups in total. The number of likely N-dealkylation sites (tertiary alicyclic amines) is 1. The van der Waals surface area contributed by atoms with Crippen LogP contribution in [0.2, 0.25) is 0 Å². The van der Waals surface area contributed by atoms with Gasteiger partial charge in [-0.25, -0.2) is 9.78 Å². The average Bonchev–Trinajstić information content (AvgIpc) is 3.44. The summed E-state index contributed by atoms with van der Waals surface area (Å²) in [5.41, 5.74) is 1.16. The zero-order valence-electron chi connectivity index (χ0n) is 16.4. The molecule has 4 rings (SSSR count). The molecular weight excluding hydrogens is 358 g/mol. The number of rotatable bonds is 4. The quantitative estimate of drug-likeness (QED) is 0.874. The van der Waals surface area contributed by atoms with E-state index in [1.54, 1.807) is 19.0 Å². The maximum absolute atomic E-state index is 12.8. The van der Waals surface area contributed by atoms with E-state index in [9.17, 15) is 9.59 Å².